The average Bonchev–Trinajstić information content (AvgIpc) is 3.17. The van der Waals surface area contributed by atoms with E-state index in [1.165, 1.54) is 6.42 Å². The quantitative estimate of drug-likeness (QED) is 0.663. The van der Waals surface area contributed by atoms with Crippen LogP contribution in [0.5, 0.6) is 0 Å². The first-order valence-electron chi connectivity index (χ1n) is 11.4. The summed E-state index contributed by atoms with van der Waals surface area (Å²) in [6.45, 7) is 4.56. The summed E-state index contributed by atoms with van der Waals surface area (Å²) in [5.41, 5.74) is 10.5. The second-order valence-corrected chi connectivity index (χ2v) is 9.69. The van der Waals surface area contributed by atoms with Crippen LogP contribution in [0.25, 0.3) is 11.5 Å². The third-order valence-corrected chi connectivity index (χ3v) is 7.28. The smallest absolute Gasteiger partial charge is 0.260 e. The highest BCUT2D eigenvalue weighted by Crippen LogP contribution is 2.48. The fraction of sp³-hybridized carbons (Fsp3) is 0.458. The molecular formula is C24H27N7O. The molecule has 0 unspecified atom stereocenters. The number of fused-ring (bicyclic) bond motifs is 1. The summed E-state index contributed by atoms with van der Waals surface area (Å²) in [5.74, 6) is 1.32. The topological polar surface area (TPSA) is 103 Å². The SMILES string of the molecule is C[C@H](N)c1nc(C2(C)CC2)cc2c1CN(c1cccc(-c3nncn3C3CCC3)n1)C2=O. The summed E-state index contributed by atoms with van der Waals surface area (Å²) in [5, 5.41) is 8.43. The van der Waals surface area contributed by atoms with Gasteiger partial charge in [-0.15, -0.1) is 10.2 Å². The minimum atomic E-state index is -0.237. The Kier molecular flexibility index (Phi) is 4.24. The van der Waals surface area contributed by atoms with Crippen LogP contribution in [0, 0.1) is 0 Å². The van der Waals surface area contributed by atoms with Crippen molar-refractivity contribution in [3.05, 3.63) is 53.1 Å². The first kappa shape index (κ1) is 19.5. The van der Waals surface area contributed by atoms with Crippen LogP contribution in [0.2, 0.25) is 0 Å². The molecule has 0 bridgehead atoms. The zero-order valence-corrected chi connectivity index (χ0v) is 18.5. The Balaban J connectivity index is 1.37. The summed E-state index contributed by atoms with van der Waals surface area (Å²) in [6, 6.07) is 7.91. The third kappa shape index (κ3) is 2.97. The maximum absolute atomic E-state index is 13.5. The van der Waals surface area contributed by atoms with Crippen LogP contribution in [0.4, 0.5) is 5.82 Å². The van der Waals surface area contributed by atoms with Crippen molar-refractivity contribution in [1.82, 2.24) is 24.7 Å². The van der Waals surface area contributed by atoms with E-state index in [-0.39, 0.29) is 17.4 Å². The number of hydrogen-bond acceptors (Lipinski definition) is 6. The van der Waals surface area contributed by atoms with Crippen molar-refractivity contribution < 1.29 is 4.79 Å². The minimum absolute atomic E-state index is 0.0418. The van der Waals surface area contributed by atoms with Crippen LogP contribution in [0.3, 0.4) is 0 Å². The largest absolute Gasteiger partial charge is 0.323 e. The molecule has 1 aliphatic heterocycles. The second kappa shape index (κ2) is 6.93. The molecule has 0 spiro atoms. The first-order valence-corrected chi connectivity index (χ1v) is 11.4. The Morgan fingerprint density at radius 3 is 2.72 bits per heavy atom. The van der Waals surface area contributed by atoms with E-state index < -0.39 is 0 Å². The Hall–Kier alpha value is -3.13. The number of carbonyl (C=O) groups is 1. The van der Waals surface area contributed by atoms with Gasteiger partial charge in [0.25, 0.3) is 5.91 Å². The van der Waals surface area contributed by atoms with E-state index in [9.17, 15) is 4.79 Å². The van der Waals surface area contributed by atoms with Crippen LogP contribution >= 0.6 is 0 Å². The maximum atomic E-state index is 13.5. The van der Waals surface area contributed by atoms with Gasteiger partial charge in [0, 0.05) is 34.3 Å². The monoisotopic (exact) mass is 429 g/mol. The lowest BCUT2D eigenvalue weighted by molar-refractivity contribution is 0.0996. The van der Waals surface area contributed by atoms with E-state index in [0.717, 1.165) is 54.2 Å². The number of hydrogen-bond donors (Lipinski definition) is 1. The molecule has 8 nitrogen and oxygen atoms in total. The van der Waals surface area contributed by atoms with Gasteiger partial charge in [0.15, 0.2) is 5.82 Å². The molecule has 0 saturated heterocycles. The molecule has 3 aliphatic rings. The number of carbonyl (C=O) groups excluding carboxylic acids is 1. The molecule has 2 saturated carbocycles. The lowest BCUT2D eigenvalue weighted by Gasteiger charge is -2.27. The van der Waals surface area contributed by atoms with Crippen LogP contribution < -0.4 is 10.6 Å². The van der Waals surface area contributed by atoms with Gasteiger partial charge < -0.3 is 10.3 Å². The van der Waals surface area contributed by atoms with Gasteiger partial charge in [-0.3, -0.25) is 14.7 Å². The van der Waals surface area contributed by atoms with Crippen molar-refractivity contribution in [3.63, 3.8) is 0 Å². The predicted octanol–water partition coefficient (Wildman–Crippen LogP) is 3.69. The highest BCUT2D eigenvalue weighted by atomic mass is 16.2. The third-order valence-electron chi connectivity index (χ3n) is 7.28. The molecule has 2 aliphatic carbocycles. The van der Waals surface area contributed by atoms with Gasteiger partial charge in [0.1, 0.15) is 17.8 Å². The molecule has 4 heterocycles. The summed E-state index contributed by atoms with van der Waals surface area (Å²) in [4.78, 5) is 24.9. The van der Waals surface area contributed by atoms with Crippen molar-refractivity contribution in [2.75, 3.05) is 4.90 Å². The molecule has 1 atom stereocenters. The first-order chi connectivity index (χ1) is 15.4. The van der Waals surface area contributed by atoms with Crippen molar-refractivity contribution in [2.24, 2.45) is 5.73 Å². The van der Waals surface area contributed by atoms with Gasteiger partial charge in [-0.1, -0.05) is 13.0 Å². The number of rotatable bonds is 5. The average molecular weight is 430 g/mol. The molecule has 1 amide bonds. The number of nitrogens with zero attached hydrogens (tertiary/aromatic N) is 6. The van der Waals surface area contributed by atoms with Gasteiger partial charge in [-0.05, 0) is 57.2 Å². The number of aromatic nitrogens is 5. The standard InChI is InChI=1S/C24H27N7O/c1-14(25)21-17-12-30(23(32)16(17)11-19(28-21)24(2)9-10-24)20-8-4-7-18(27-20)22-29-26-13-31(22)15-5-3-6-15/h4,7-8,11,13-15H,3,5-6,9-10,12,25H2,1-2H3/t14-/m0/s1. The van der Waals surface area contributed by atoms with Crippen molar-refractivity contribution in [3.8, 4) is 11.5 Å². The lowest BCUT2D eigenvalue weighted by Crippen LogP contribution is -2.24. The number of anilines is 1. The van der Waals surface area contributed by atoms with Gasteiger partial charge in [-0.25, -0.2) is 4.98 Å². The number of pyridine rings is 2. The van der Waals surface area contributed by atoms with Gasteiger partial charge in [-0.2, -0.15) is 0 Å². The van der Waals surface area contributed by atoms with E-state index in [1.807, 2.05) is 31.2 Å². The number of nitrogens with two attached hydrogens (primary N) is 1. The van der Waals surface area contributed by atoms with E-state index in [1.54, 1.807) is 11.2 Å². The zero-order chi connectivity index (χ0) is 22.0. The van der Waals surface area contributed by atoms with E-state index >= 15 is 0 Å². The lowest BCUT2D eigenvalue weighted by atomic mass is 9.93. The fourth-order valence-corrected chi connectivity index (χ4v) is 4.69. The zero-order valence-electron chi connectivity index (χ0n) is 18.5. The molecule has 6 rings (SSSR count). The number of amides is 1. The van der Waals surface area contributed by atoms with Crippen LogP contribution in [0.1, 0.15) is 85.3 Å². The molecule has 164 valence electrons. The molecule has 3 aromatic heterocycles. The summed E-state index contributed by atoms with van der Waals surface area (Å²) in [7, 11) is 0. The van der Waals surface area contributed by atoms with Crippen molar-refractivity contribution in [1.29, 1.82) is 0 Å². The Morgan fingerprint density at radius 2 is 2.03 bits per heavy atom. The van der Waals surface area contributed by atoms with E-state index in [0.29, 0.717) is 24.0 Å². The maximum Gasteiger partial charge on any atom is 0.260 e. The Morgan fingerprint density at radius 1 is 1.22 bits per heavy atom. The summed E-state index contributed by atoms with van der Waals surface area (Å²) < 4.78 is 2.11. The van der Waals surface area contributed by atoms with Crippen molar-refractivity contribution >= 4 is 11.7 Å². The molecule has 2 fully saturated rings. The Bertz CT molecular complexity index is 1220. The van der Waals surface area contributed by atoms with Crippen LogP contribution in [-0.4, -0.2) is 30.6 Å². The molecule has 0 aromatic carbocycles. The summed E-state index contributed by atoms with van der Waals surface area (Å²) >= 11 is 0. The predicted molar refractivity (Wildman–Crippen MR) is 120 cm³/mol. The van der Waals surface area contributed by atoms with Gasteiger partial charge in [0.2, 0.25) is 0 Å². The Labute approximate surface area is 186 Å². The van der Waals surface area contributed by atoms with Crippen LogP contribution in [-0.2, 0) is 12.0 Å². The normalized spacial score (nSPS) is 20.2. The molecule has 3 aromatic rings. The van der Waals surface area contributed by atoms with Crippen molar-refractivity contribution in [2.45, 2.75) is 70.0 Å². The summed E-state index contributed by atoms with van der Waals surface area (Å²) in [6.07, 6.45) is 7.48. The molecule has 32 heavy (non-hydrogen) atoms. The second-order valence-electron chi connectivity index (χ2n) is 9.69. The fourth-order valence-electron chi connectivity index (χ4n) is 4.69. The highest BCUT2D eigenvalue weighted by Gasteiger charge is 2.43. The van der Waals surface area contributed by atoms with E-state index in [2.05, 4.69) is 21.7 Å². The van der Waals surface area contributed by atoms with E-state index in [4.69, 9.17) is 15.7 Å². The highest BCUT2D eigenvalue weighted by molar-refractivity contribution is 6.10. The van der Waals surface area contributed by atoms with Crippen LogP contribution in [0.15, 0.2) is 30.6 Å². The van der Waals surface area contributed by atoms with Gasteiger partial charge >= 0.3 is 0 Å². The molecule has 2 N–H and O–H groups in total. The molecular weight excluding hydrogens is 402 g/mol. The minimum Gasteiger partial charge on any atom is -0.323 e. The molecule has 8 heteroatoms. The van der Waals surface area contributed by atoms with Gasteiger partial charge in [0.05, 0.1) is 12.2 Å². The molecule has 0 radical (unpaired) electrons.